The van der Waals surface area contributed by atoms with Crippen molar-refractivity contribution in [3.8, 4) is 28.5 Å². The second-order valence-corrected chi connectivity index (χ2v) is 8.18. The van der Waals surface area contributed by atoms with Crippen molar-refractivity contribution in [1.29, 1.82) is 0 Å². The van der Waals surface area contributed by atoms with E-state index in [0.29, 0.717) is 28.3 Å². The number of hydrogen-bond donors (Lipinski definition) is 1. The number of fused-ring (bicyclic) bond motifs is 3. The Bertz CT molecular complexity index is 1230. The van der Waals surface area contributed by atoms with Crippen LogP contribution in [0.2, 0.25) is 0 Å². The molecule has 30 heavy (non-hydrogen) atoms. The zero-order valence-corrected chi connectivity index (χ0v) is 18.0. The zero-order chi connectivity index (χ0) is 20.7. The van der Waals surface area contributed by atoms with Gasteiger partial charge in [-0.2, -0.15) is 4.98 Å². The number of aromatic nitrogens is 3. The fourth-order valence-corrected chi connectivity index (χ4v) is 3.81. The van der Waals surface area contributed by atoms with Crippen LogP contribution in [0.15, 0.2) is 68.6 Å². The maximum atomic E-state index is 13.2. The molecule has 2 aromatic heterocycles. The van der Waals surface area contributed by atoms with Crippen LogP contribution >= 0.6 is 27.7 Å². The number of nitrogens with one attached hydrogen (secondary N) is 1. The fraction of sp³-hybridized carbons (Fsp3) is 0.0952. The summed E-state index contributed by atoms with van der Waals surface area (Å²) in [5, 5.41) is 12.4. The molecule has 0 radical (unpaired) electrons. The van der Waals surface area contributed by atoms with E-state index in [0.717, 1.165) is 21.3 Å². The molecule has 1 N–H and O–H groups in total. The molecule has 9 heteroatoms. The van der Waals surface area contributed by atoms with Gasteiger partial charge < -0.3 is 14.5 Å². The molecular weight excluding hydrogens is 471 g/mol. The van der Waals surface area contributed by atoms with E-state index in [1.165, 1.54) is 23.9 Å². The number of anilines is 1. The maximum Gasteiger partial charge on any atom is 0.247 e. The van der Waals surface area contributed by atoms with E-state index in [2.05, 4.69) is 36.4 Å². The van der Waals surface area contributed by atoms with E-state index < -0.39 is 6.23 Å². The number of rotatable bonds is 3. The third kappa shape index (κ3) is 3.54. The van der Waals surface area contributed by atoms with Gasteiger partial charge in [-0.1, -0.05) is 27.7 Å². The minimum absolute atomic E-state index is 0.296. The average molecular weight is 485 g/mol. The molecule has 1 unspecified atom stereocenters. The van der Waals surface area contributed by atoms with Crippen molar-refractivity contribution in [3.05, 3.63) is 70.6 Å². The number of hydrogen-bond acceptors (Lipinski definition) is 7. The lowest BCUT2D eigenvalue weighted by Crippen LogP contribution is -2.16. The maximum absolute atomic E-state index is 13.2. The molecule has 3 heterocycles. The monoisotopic (exact) mass is 484 g/mol. The van der Waals surface area contributed by atoms with E-state index in [9.17, 15) is 4.39 Å². The highest BCUT2D eigenvalue weighted by molar-refractivity contribution is 9.10. The standard InChI is InChI=1S/C21H14BrFN4O2S/c1-30-21-25-20-18(26-27-21)14-10-12(22)4-7-15(14)24-19(29-20)17-9-8-16(28-17)11-2-5-13(23)6-3-11/h2-10,19,24H,1H3. The number of furan rings is 1. The second kappa shape index (κ2) is 7.73. The summed E-state index contributed by atoms with van der Waals surface area (Å²) in [6.07, 6.45) is 1.24. The average Bonchev–Trinajstić information content (AvgIpc) is 3.19. The number of benzene rings is 2. The summed E-state index contributed by atoms with van der Waals surface area (Å²) in [4.78, 5) is 4.50. The highest BCUT2D eigenvalue weighted by Crippen LogP contribution is 2.41. The largest absolute Gasteiger partial charge is 0.455 e. The molecule has 0 bridgehead atoms. The molecule has 150 valence electrons. The Morgan fingerprint density at radius 1 is 1.07 bits per heavy atom. The minimum Gasteiger partial charge on any atom is -0.455 e. The summed E-state index contributed by atoms with van der Waals surface area (Å²) < 4.78 is 26.3. The van der Waals surface area contributed by atoms with Crippen LogP contribution in [0.1, 0.15) is 12.0 Å². The molecule has 1 aliphatic heterocycles. The Kier molecular flexibility index (Phi) is 4.92. The van der Waals surface area contributed by atoms with Crippen molar-refractivity contribution in [2.75, 3.05) is 11.6 Å². The van der Waals surface area contributed by atoms with Crippen LogP contribution in [0.5, 0.6) is 5.88 Å². The molecule has 0 saturated heterocycles. The van der Waals surface area contributed by atoms with Crippen molar-refractivity contribution in [1.82, 2.24) is 15.2 Å². The van der Waals surface area contributed by atoms with Crippen molar-refractivity contribution < 1.29 is 13.5 Å². The summed E-state index contributed by atoms with van der Waals surface area (Å²) in [6.45, 7) is 0. The molecule has 4 aromatic rings. The Balaban J connectivity index is 1.57. The van der Waals surface area contributed by atoms with Crippen LogP contribution in [-0.2, 0) is 0 Å². The highest BCUT2D eigenvalue weighted by atomic mass is 79.9. The number of halogens is 2. The third-order valence-electron chi connectivity index (χ3n) is 4.58. The minimum atomic E-state index is -0.633. The Morgan fingerprint density at radius 3 is 2.70 bits per heavy atom. The van der Waals surface area contributed by atoms with Gasteiger partial charge in [0.2, 0.25) is 17.3 Å². The first kappa shape index (κ1) is 19.1. The zero-order valence-electron chi connectivity index (χ0n) is 15.6. The Hall–Kier alpha value is -2.91. The van der Waals surface area contributed by atoms with Crippen molar-refractivity contribution in [2.24, 2.45) is 0 Å². The second-order valence-electron chi connectivity index (χ2n) is 6.49. The van der Waals surface area contributed by atoms with E-state index >= 15 is 0 Å². The molecule has 2 aromatic carbocycles. The Labute approximate surface area is 184 Å². The lowest BCUT2D eigenvalue weighted by molar-refractivity contribution is 0.196. The van der Waals surface area contributed by atoms with Crippen LogP contribution in [0.4, 0.5) is 10.1 Å². The van der Waals surface area contributed by atoms with Gasteiger partial charge in [-0.3, -0.25) is 0 Å². The first-order chi connectivity index (χ1) is 14.6. The van der Waals surface area contributed by atoms with Crippen molar-refractivity contribution in [2.45, 2.75) is 11.4 Å². The summed E-state index contributed by atoms with van der Waals surface area (Å²) in [7, 11) is 0. The van der Waals surface area contributed by atoms with Gasteiger partial charge >= 0.3 is 0 Å². The van der Waals surface area contributed by atoms with Crippen LogP contribution in [0.3, 0.4) is 0 Å². The number of thioether (sulfide) groups is 1. The molecule has 0 spiro atoms. The highest BCUT2D eigenvalue weighted by Gasteiger charge is 2.28. The van der Waals surface area contributed by atoms with Gasteiger partial charge in [-0.05, 0) is 60.9 Å². The first-order valence-electron chi connectivity index (χ1n) is 8.98. The van der Waals surface area contributed by atoms with Gasteiger partial charge in [0, 0.05) is 21.3 Å². The molecule has 0 amide bonds. The smallest absolute Gasteiger partial charge is 0.247 e. The molecule has 0 aliphatic carbocycles. The van der Waals surface area contributed by atoms with E-state index in [4.69, 9.17) is 9.15 Å². The molecule has 0 fully saturated rings. The van der Waals surface area contributed by atoms with Gasteiger partial charge in [0.25, 0.3) is 0 Å². The molecule has 0 saturated carbocycles. The normalized spacial score (nSPS) is 14.8. The number of ether oxygens (including phenoxy) is 1. The molecule has 6 nitrogen and oxygen atoms in total. The molecular formula is C21H14BrFN4O2S. The van der Waals surface area contributed by atoms with Crippen LogP contribution < -0.4 is 10.1 Å². The van der Waals surface area contributed by atoms with Crippen LogP contribution in [0, 0.1) is 5.82 Å². The lowest BCUT2D eigenvalue weighted by atomic mass is 10.1. The van der Waals surface area contributed by atoms with Gasteiger partial charge in [0.1, 0.15) is 11.6 Å². The summed E-state index contributed by atoms with van der Waals surface area (Å²) in [6, 6.07) is 15.6. The van der Waals surface area contributed by atoms with E-state index in [1.54, 1.807) is 12.1 Å². The van der Waals surface area contributed by atoms with Gasteiger partial charge in [0.15, 0.2) is 11.5 Å². The lowest BCUT2D eigenvalue weighted by Gasteiger charge is -2.16. The van der Waals surface area contributed by atoms with Gasteiger partial charge in [-0.25, -0.2) is 4.39 Å². The van der Waals surface area contributed by atoms with Crippen molar-refractivity contribution in [3.63, 3.8) is 0 Å². The molecule has 1 aliphatic rings. The van der Waals surface area contributed by atoms with Crippen molar-refractivity contribution >= 4 is 33.4 Å². The predicted octanol–water partition coefficient (Wildman–Crippen LogP) is 5.93. The Morgan fingerprint density at radius 2 is 1.90 bits per heavy atom. The van der Waals surface area contributed by atoms with Gasteiger partial charge in [0.05, 0.1) is 0 Å². The van der Waals surface area contributed by atoms with E-state index in [1.807, 2.05) is 36.6 Å². The summed E-state index contributed by atoms with van der Waals surface area (Å²) >= 11 is 4.89. The SMILES string of the molecule is CSc1nnc2c(n1)OC(c1ccc(-c3ccc(F)cc3)o1)Nc1ccc(Br)cc1-2. The van der Waals surface area contributed by atoms with E-state index in [-0.39, 0.29) is 5.82 Å². The fourth-order valence-electron chi connectivity index (χ4n) is 3.15. The first-order valence-corrected chi connectivity index (χ1v) is 11.0. The third-order valence-corrected chi connectivity index (χ3v) is 5.62. The quantitative estimate of drug-likeness (QED) is 0.361. The number of nitrogens with zero attached hydrogens (tertiary/aromatic N) is 3. The van der Waals surface area contributed by atoms with Gasteiger partial charge in [-0.15, -0.1) is 10.2 Å². The predicted molar refractivity (Wildman–Crippen MR) is 116 cm³/mol. The molecule has 5 rings (SSSR count). The van der Waals surface area contributed by atoms with Crippen LogP contribution in [0.25, 0.3) is 22.6 Å². The summed E-state index contributed by atoms with van der Waals surface area (Å²) in [5.74, 6) is 1.24. The molecule has 1 atom stereocenters. The van der Waals surface area contributed by atoms with Crippen LogP contribution in [-0.4, -0.2) is 21.4 Å². The summed E-state index contributed by atoms with van der Waals surface area (Å²) in [5.41, 5.74) is 2.95. The topological polar surface area (TPSA) is 73.1 Å².